The van der Waals surface area contributed by atoms with Crippen molar-refractivity contribution in [3.05, 3.63) is 0 Å². The first-order valence-corrected chi connectivity index (χ1v) is 21.9. The molecular weight excluding hydrogens is 610 g/mol. The molecule has 6 heteroatoms. The number of carbonyl (C=O) groups excluding carboxylic acids is 1. The fourth-order valence-electron chi connectivity index (χ4n) is 6.50. The van der Waals surface area contributed by atoms with Crippen LogP contribution >= 0.6 is 0 Å². The van der Waals surface area contributed by atoms with Crippen LogP contribution in [-0.4, -0.2) is 56.9 Å². The van der Waals surface area contributed by atoms with E-state index in [1.54, 1.807) is 0 Å². The molecule has 0 aliphatic heterocycles. The average Bonchev–Trinajstić information content (AvgIpc) is 3.11. The van der Waals surface area contributed by atoms with Gasteiger partial charge in [0.05, 0.1) is 6.61 Å². The van der Waals surface area contributed by atoms with Crippen LogP contribution in [0.5, 0.6) is 0 Å². The number of unbranched alkanes of at least 4 members (excludes halogenated alkanes) is 30. The van der Waals surface area contributed by atoms with Gasteiger partial charge in [-0.05, 0) is 19.3 Å². The predicted octanol–water partition coefficient (Wildman–Crippen LogP) is 13.0. The van der Waals surface area contributed by atoms with Crippen LogP contribution in [0.25, 0.3) is 0 Å². The monoisotopic (exact) mass is 698 g/mol. The Bertz CT molecular complexity index is 619. The van der Waals surface area contributed by atoms with Crippen molar-refractivity contribution in [2.45, 2.75) is 232 Å². The SMILES string of the molecule is CCCCCCCCCCCCCCCCCCOC[C@H](COC(=O)NCCCO)OCCCCCCCCCCCCCCCCCC. The third-order valence-corrected chi connectivity index (χ3v) is 9.80. The van der Waals surface area contributed by atoms with Crippen molar-refractivity contribution < 1.29 is 24.1 Å². The molecule has 0 rings (SSSR count). The summed E-state index contributed by atoms with van der Waals surface area (Å²) in [4.78, 5) is 12.0. The lowest BCUT2D eigenvalue weighted by Crippen LogP contribution is -2.32. The number of rotatable bonds is 42. The van der Waals surface area contributed by atoms with Gasteiger partial charge in [0.2, 0.25) is 0 Å². The molecule has 294 valence electrons. The van der Waals surface area contributed by atoms with E-state index in [1.165, 1.54) is 193 Å². The zero-order valence-corrected chi connectivity index (χ0v) is 33.2. The van der Waals surface area contributed by atoms with Gasteiger partial charge < -0.3 is 24.6 Å². The second-order valence-electron chi connectivity index (χ2n) is 14.8. The van der Waals surface area contributed by atoms with Gasteiger partial charge in [-0.25, -0.2) is 4.79 Å². The van der Waals surface area contributed by atoms with E-state index in [2.05, 4.69) is 19.2 Å². The largest absolute Gasteiger partial charge is 0.447 e. The normalized spacial score (nSPS) is 12.1. The standard InChI is InChI=1S/C43H87NO5/c1-3-5-7-9-11-13-15-17-19-21-23-25-27-29-31-33-38-47-40-42(41-49-43(46)44-36-35-37-45)48-39-34-32-30-28-26-24-22-20-18-16-14-12-10-8-6-4-2/h42,45H,3-41H2,1-2H3,(H,44,46)/t42-/m1/s1. The third-order valence-electron chi connectivity index (χ3n) is 9.80. The molecule has 0 aromatic carbocycles. The van der Waals surface area contributed by atoms with E-state index in [-0.39, 0.29) is 19.3 Å². The highest BCUT2D eigenvalue weighted by atomic mass is 16.6. The maximum atomic E-state index is 12.0. The van der Waals surface area contributed by atoms with Gasteiger partial charge in [0, 0.05) is 26.4 Å². The molecule has 1 atom stereocenters. The second-order valence-corrected chi connectivity index (χ2v) is 14.8. The summed E-state index contributed by atoms with van der Waals surface area (Å²) in [6.07, 6.45) is 43.4. The highest BCUT2D eigenvalue weighted by Gasteiger charge is 2.13. The molecule has 0 aliphatic rings. The number of amides is 1. The highest BCUT2D eigenvalue weighted by molar-refractivity contribution is 5.67. The first-order valence-electron chi connectivity index (χ1n) is 21.9. The van der Waals surface area contributed by atoms with Crippen molar-refractivity contribution in [2.24, 2.45) is 0 Å². The predicted molar refractivity (Wildman–Crippen MR) is 211 cm³/mol. The summed E-state index contributed by atoms with van der Waals surface area (Å²) in [5.41, 5.74) is 0. The lowest BCUT2D eigenvalue weighted by molar-refractivity contribution is -0.0468. The van der Waals surface area contributed by atoms with Gasteiger partial charge in [-0.15, -0.1) is 0 Å². The first-order chi connectivity index (χ1) is 24.2. The Morgan fingerprint density at radius 3 is 1.18 bits per heavy atom. The molecule has 2 N–H and O–H groups in total. The summed E-state index contributed by atoms with van der Waals surface area (Å²) >= 11 is 0. The van der Waals surface area contributed by atoms with Crippen molar-refractivity contribution in [2.75, 3.05) is 39.6 Å². The summed E-state index contributed by atoms with van der Waals surface area (Å²) in [5.74, 6) is 0. The Balaban J connectivity index is 3.80. The fraction of sp³-hybridized carbons (Fsp3) is 0.977. The van der Waals surface area contributed by atoms with Crippen molar-refractivity contribution in [3.63, 3.8) is 0 Å². The summed E-state index contributed by atoms with van der Waals surface area (Å²) < 4.78 is 17.4. The first kappa shape index (κ1) is 48.1. The fourth-order valence-corrected chi connectivity index (χ4v) is 6.50. The second kappa shape index (κ2) is 43.3. The Kier molecular flexibility index (Phi) is 42.6. The van der Waals surface area contributed by atoms with Crippen molar-refractivity contribution in [1.29, 1.82) is 0 Å². The number of hydrogen-bond acceptors (Lipinski definition) is 5. The lowest BCUT2D eigenvalue weighted by atomic mass is 10.0. The molecule has 0 spiro atoms. The Labute approximate surface area is 306 Å². The summed E-state index contributed by atoms with van der Waals surface area (Å²) in [6, 6.07) is 0. The van der Waals surface area contributed by atoms with Crippen LogP contribution in [0.1, 0.15) is 226 Å². The zero-order chi connectivity index (χ0) is 35.6. The molecule has 0 saturated carbocycles. The van der Waals surface area contributed by atoms with E-state index in [4.69, 9.17) is 19.3 Å². The molecule has 6 nitrogen and oxygen atoms in total. The number of carbonyl (C=O) groups is 1. The summed E-state index contributed by atoms with van der Waals surface area (Å²) in [7, 11) is 0. The van der Waals surface area contributed by atoms with Crippen molar-refractivity contribution in [1.82, 2.24) is 5.32 Å². The maximum Gasteiger partial charge on any atom is 0.407 e. The van der Waals surface area contributed by atoms with Crippen LogP contribution in [0.15, 0.2) is 0 Å². The lowest BCUT2D eigenvalue weighted by Gasteiger charge is -2.18. The molecular formula is C43H87NO5. The minimum absolute atomic E-state index is 0.0541. The van der Waals surface area contributed by atoms with E-state index in [9.17, 15) is 4.79 Å². The van der Waals surface area contributed by atoms with E-state index < -0.39 is 6.09 Å². The highest BCUT2D eigenvalue weighted by Crippen LogP contribution is 2.15. The molecule has 0 unspecified atom stereocenters. The number of aliphatic hydroxyl groups excluding tert-OH is 1. The van der Waals surface area contributed by atoms with E-state index in [0.29, 0.717) is 26.2 Å². The Hall–Kier alpha value is -0.850. The van der Waals surface area contributed by atoms with Crippen LogP contribution in [0.3, 0.4) is 0 Å². The van der Waals surface area contributed by atoms with Gasteiger partial charge in [0.1, 0.15) is 12.7 Å². The molecule has 1 amide bonds. The molecule has 0 aromatic heterocycles. The number of ether oxygens (including phenoxy) is 3. The van der Waals surface area contributed by atoms with Crippen LogP contribution in [0.4, 0.5) is 4.79 Å². The summed E-state index contributed by atoms with van der Waals surface area (Å²) in [5, 5.41) is 11.6. The van der Waals surface area contributed by atoms with Crippen LogP contribution < -0.4 is 5.32 Å². The molecule has 0 heterocycles. The van der Waals surface area contributed by atoms with Gasteiger partial charge in [0.25, 0.3) is 0 Å². The van der Waals surface area contributed by atoms with Crippen LogP contribution in [0.2, 0.25) is 0 Å². The average molecular weight is 698 g/mol. The molecule has 0 fully saturated rings. The quantitative estimate of drug-likeness (QED) is 0.0621. The van der Waals surface area contributed by atoms with Gasteiger partial charge in [-0.1, -0.05) is 206 Å². The van der Waals surface area contributed by atoms with E-state index >= 15 is 0 Å². The maximum absolute atomic E-state index is 12.0. The smallest absolute Gasteiger partial charge is 0.407 e. The molecule has 0 aromatic rings. The topological polar surface area (TPSA) is 77.0 Å². The number of nitrogens with one attached hydrogen (secondary N) is 1. The van der Waals surface area contributed by atoms with Crippen molar-refractivity contribution in [3.8, 4) is 0 Å². The molecule has 49 heavy (non-hydrogen) atoms. The molecule has 0 radical (unpaired) electrons. The third kappa shape index (κ3) is 41.5. The molecule has 0 saturated heterocycles. The summed E-state index contributed by atoms with van der Waals surface area (Å²) in [6.45, 7) is 7.12. The molecule has 0 bridgehead atoms. The number of aliphatic hydroxyl groups is 1. The number of hydrogen-bond donors (Lipinski definition) is 2. The number of alkyl carbamates (subject to hydrolysis) is 1. The Morgan fingerprint density at radius 1 is 0.469 bits per heavy atom. The molecule has 0 aliphatic carbocycles. The van der Waals surface area contributed by atoms with Crippen LogP contribution in [0, 0.1) is 0 Å². The van der Waals surface area contributed by atoms with Crippen LogP contribution in [-0.2, 0) is 14.2 Å². The van der Waals surface area contributed by atoms with Gasteiger partial charge in [-0.2, -0.15) is 0 Å². The Morgan fingerprint density at radius 2 is 0.816 bits per heavy atom. The van der Waals surface area contributed by atoms with Gasteiger partial charge in [0.15, 0.2) is 0 Å². The van der Waals surface area contributed by atoms with Gasteiger partial charge in [-0.3, -0.25) is 0 Å². The van der Waals surface area contributed by atoms with E-state index in [0.717, 1.165) is 19.4 Å². The zero-order valence-electron chi connectivity index (χ0n) is 33.2. The van der Waals surface area contributed by atoms with Crippen molar-refractivity contribution >= 4 is 6.09 Å². The van der Waals surface area contributed by atoms with Gasteiger partial charge >= 0.3 is 6.09 Å². The minimum Gasteiger partial charge on any atom is -0.447 e. The minimum atomic E-state index is -0.456. The van der Waals surface area contributed by atoms with E-state index in [1.807, 2.05) is 0 Å².